The van der Waals surface area contributed by atoms with E-state index in [-0.39, 0.29) is 5.56 Å². The molecule has 6 nitrogen and oxygen atoms in total. The van der Waals surface area contributed by atoms with Crippen molar-refractivity contribution in [3.05, 3.63) is 51.4 Å². The number of nitrogens with zero attached hydrogens (tertiary/aromatic N) is 2. The molecule has 8 heteroatoms. The van der Waals surface area contributed by atoms with E-state index < -0.39 is 0 Å². The molecule has 0 saturated heterocycles. The van der Waals surface area contributed by atoms with Crippen molar-refractivity contribution in [3.63, 3.8) is 0 Å². The van der Waals surface area contributed by atoms with E-state index in [0.717, 1.165) is 40.7 Å². The van der Waals surface area contributed by atoms with Gasteiger partial charge in [0.1, 0.15) is 16.9 Å². The van der Waals surface area contributed by atoms with Crippen LogP contribution in [0.3, 0.4) is 0 Å². The molecule has 0 atom stereocenters. The van der Waals surface area contributed by atoms with Crippen LogP contribution in [0.4, 0.5) is 5.69 Å². The van der Waals surface area contributed by atoms with E-state index in [9.17, 15) is 4.79 Å². The van der Waals surface area contributed by atoms with Gasteiger partial charge in [-0.25, -0.2) is 9.66 Å². The Balaban J connectivity index is 1.59. The first-order valence-electron chi connectivity index (χ1n) is 8.99. The lowest BCUT2D eigenvalue weighted by atomic mass is 9.97. The molecule has 140 valence electrons. The van der Waals surface area contributed by atoms with Crippen LogP contribution in [0.2, 0.25) is 0 Å². The number of para-hydroxylation sites is 2. The maximum absolute atomic E-state index is 13.0. The summed E-state index contributed by atoms with van der Waals surface area (Å²) in [7, 11) is 0. The van der Waals surface area contributed by atoms with E-state index in [4.69, 9.17) is 17.0 Å². The molecule has 2 aromatic heterocycles. The second-order valence-electron chi connectivity index (χ2n) is 6.31. The summed E-state index contributed by atoms with van der Waals surface area (Å²) in [4.78, 5) is 19.5. The molecule has 0 saturated carbocycles. The molecular formula is C19H20N4O2S2. The molecule has 2 N–H and O–H groups in total. The maximum atomic E-state index is 13.0. The van der Waals surface area contributed by atoms with Gasteiger partial charge in [0, 0.05) is 4.88 Å². The summed E-state index contributed by atoms with van der Waals surface area (Å²) in [5.74, 6) is 0.706. The highest BCUT2D eigenvalue weighted by molar-refractivity contribution is 7.80. The number of nitrogens with one attached hydrogen (secondary N) is 2. The van der Waals surface area contributed by atoms with Crippen molar-refractivity contribution in [3.8, 4) is 5.75 Å². The Hall–Kier alpha value is -2.45. The van der Waals surface area contributed by atoms with E-state index >= 15 is 0 Å². The molecule has 0 radical (unpaired) electrons. The summed E-state index contributed by atoms with van der Waals surface area (Å²) < 4.78 is 6.94. The summed E-state index contributed by atoms with van der Waals surface area (Å²) in [6, 6.07) is 7.53. The third-order valence-corrected chi connectivity index (χ3v) is 5.93. The molecule has 1 aliphatic rings. The fourth-order valence-corrected chi connectivity index (χ4v) is 4.76. The zero-order valence-electron chi connectivity index (χ0n) is 14.9. The molecule has 0 spiro atoms. The van der Waals surface area contributed by atoms with Crippen LogP contribution < -0.4 is 21.0 Å². The maximum Gasteiger partial charge on any atom is 0.281 e. The lowest BCUT2D eigenvalue weighted by molar-refractivity contribution is 0.342. The first-order valence-corrected chi connectivity index (χ1v) is 10.2. The Morgan fingerprint density at radius 2 is 2.15 bits per heavy atom. The topological polar surface area (TPSA) is 68.2 Å². The largest absolute Gasteiger partial charge is 0.492 e. The normalized spacial score (nSPS) is 13.2. The van der Waals surface area contributed by atoms with Crippen molar-refractivity contribution in [2.24, 2.45) is 0 Å². The predicted molar refractivity (Wildman–Crippen MR) is 114 cm³/mol. The molecule has 2 heterocycles. The average Bonchev–Trinajstić information content (AvgIpc) is 3.05. The van der Waals surface area contributed by atoms with Gasteiger partial charge in [-0.3, -0.25) is 10.2 Å². The summed E-state index contributed by atoms with van der Waals surface area (Å²) in [5.41, 5.74) is 4.72. The SMILES string of the molecule is CCOc1ccccc1NC(=S)Nn1cnc2sc3c(c2c1=O)CCCC3. The van der Waals surface area contributed by atoms with Crippen molar-refractivity contribution in [2.75, 3.05) is 17.3 Å². The summed E-state index contributed by atoms with van der Waals surface area (Å²) in [6.07, 6.45) is 5.78. The number of benzene rings is 1. The third-order valence-electron chi connectivity index (χ3n) is 4.53. The van der Waals surface area contributed by atoms with E-state index in [2.05, 4.69) is 15.7 Å². The molecule has 3 aromatic rings. The number of thiocarbonyl (C=S) groups is 1. The first kappa shape index (κ1) is 17.9. The quantitative estimate of drug-likeness (QED) is 0.651. The zero-order chi connectivity index (χ0) is 18.8. The Kier molecular flexibility index (Phi) is 5.09. The van der Waals surface area contributed by atoms with Gasteiger partial charge in [0.05, 0.1) is 17.7 Å². The Morgan fingerprint density at radius 1 is 1.33 bits per heavy atom. The van der Waals surface area contributed by atoms with Crippen molar-refractivity contribution in [1.82, 2.24) is 9.66 Å². The third kappa shape index (κ3) is 3.54. The molecule has 1 aromatic carbocycles. The number of thiophene rings is 1. The van der Waals surface area contributed by atoms with Gasteiger partial charge in [-0.05, 0) is 62.5 Å². The molecule has 0 unspecified atom stereocenters. The summed E-state index contributed by atoms with van der Waals surface area (Å²) in [6.45, 7) is 2.48. The first-order chi connectivity index (χ1) is 13.2. The highest BCUT2D eigenvalue weighted by atomic mass is 32.1. The molecular weight excluding hydrogens is 380 g/mol. The van der Waals surface area contributed by atoms with Gasteiger partial charge in [0.2, 0.25) is 0 Å². The van der Waals surface area contributed by atoms with Crippen LogP contribution in [0, 0.1) is 0 Å². The highest BCUT2D eigenvalue weighted by Crippen LogP contribution is 2.33. The number of hydrogen-bond donors (Lipinski definition) is 2. The second-order valence-corrected chi connectivity index (χ2v) is 7.80. The van der Waals surface area contributed by atoms with Gasteiger partial charge in [-0.1, -0.05) is 12.1 Å². The Bertz CT molecular complexity index is 1060. The van der Waals surface area contributed by atoms with Gasteiger partial charge in [-0.15, -0.1) is 11.3 Å². The van der Waals surface area contributed by atoms with Gasteiger partial charge < -0.3 is 10.1 Å². The van der Waals surface area contributed by atoms with Crippen LogP contribution in [0.5, 0.6) is 5.75 Å². The highest BCUT2D eigenvalue weighted by Gasteiger charge is 2.20. The number of fused-ring (bicyclic) bond motifs is 3. The minimum atomic E-state index is -0.110. The van der Waals surface area contributed by atoms with Crippen molar-refractivity contribution >= 4 is 44.6 Å². The number of aromatic nitrogens is 2. The van der Waals surface area contributed by atoms with Crippen LogP contribution in [0.25, 0.3) is 10.2 Å². The van der Waals surface area contributed by atoms with Crippen LogP contribution in [0.15, 0.2) is 35.4 Å². The fraction of sp³-hybridized carbons (Fsp3) is 0.316. The molecule has 0 amide bonds. The number of rotatable bonds is 4. The minimum absolute atomic E-state index is 0.110. The van der Waals surface area contributed by atoms with Crippen LogP contribution in [-0.2, 0) is 12.8 Å². The number of ether oxygens (including phenoxy) is 1. The molecule has 0 aliphatic heterocycles. The Labute approximate surface area is 166 Å². The van der Waals surface area contributed by atoms with Crippen molar-refractivity contribution in [2.45, 2.75) is 32.6 Å². The summed E-state index contributed by atoms with van der Waals surface area (Å²) >= 11 is 7.02. The second kappa shape index (κ2) is 7.66. The van der Waals surface area contributed by atoms with Gasteiger partial charge in [0.15, 0.2) is 5.11 Å². The van der Waals surface area contributed by atoms with E-state index in [0.29, 0.717) is 17.5 Å². The standard InChI is InChI=1S/C19H20N4O2S2/c1-2-25-14-9-5-4-8-13(14)21-19(26)22-23-11-20-17-16(18(23)24)12-7-3-6-10-15(12)27-17/h4-5,8-9,11H,2-3,6-7,10H2,1H3,(H2,21,22,26). The smallest absolute Gasteiger partial charge is 0.281 e. The molecule has 0 fully saturated rings. The lowest BCUT2D eigenvalue weighted by Crippen LogP contribution is -2.35. The minimum Gasteiger partial charge on any atom is -0.492 e. The number of anilines is 1. The van der Waals surface area contributed by atoms with Crippen LogP contribution in [0.1, 0.15) is 30.2 Å². The Morgan fingerprint density at radius 3 is 3.00 bits per heavy atom. The van der Waals surface area contributed by atoms with Gasteiger partial charge in [0.25, 0.3) is 5.56 Å². The molecule has 4 rings (SSSR count). The number of hydrogen-bond acceptors (Lipinski definition) is 5. The van der Waals surface area contributed by atoms with Crippen LogP contribution in [-0.4, -0.2) is 21.4 Å². The monoisotopic (exact) mass is 400 g/mol. The lowest BCUT2D eigenvalue weighted by Gasteiger charge is -2.15. The molecule has 27 heavy (non-hydrogen) atoms. The van der Waals surface area contributed by atoms with E-state index in [1.807, 2.05) is 31.2 Å². The molecule has 1 aliphatic carbocycles. The zero-order valence-corrected chi connectivity index (χ0v) is 16.6. The van der Waals surface area contributed by atoms with Crippen molar-refractivity contribution < 1.29 is 4.74 Å². The molecule has 0 bridgehead atoms. The average molecular weight is 401 g/mol. The van der Waals surface area contributed by atoms with Gasteiger partial charge >= 0.3 is 0 Å². The van der Waals surface area contributed by atoms with E-state index in [1.165, 1.54) is 22.3 Å². The number of aryl methyl sites for hydroxylation is 2. The van der Waals surface area contributed by atoms with Crippen molar-refractivity contribution in [1.29, 1.82) is 0 Å². The summed E-state index contributed by atoms with van der Waals surface area (Å²) in [5, 5.41) is 4.11. The predicted octanol–water partition coefficient (Wildman–Crippen LogP) is 3.68. The van der Waals surface area contributed by atoms with Gasteiger partial charge in [-0.2, -0.15) is 0 Å². The van der Waals surface area contributed by atoms with E-state index in [1.54, 1.807) is 11.3 Å². The van der Waals surface area contributed by atoms with Crippen LogP contribution >= 0.6 is 23.6 Å². The fourth-order valence-electron chi connectivity index (χ4n) is 3.34.